The average Bonchev–Trinajstić information content (AvgIpc) is 3.22. The van der Waals surface area contributed by atoms with Crippen LogP contribution in [0.15, 0.2) is 40.8 Å². The van der Waals surface area contributed by atoms with E-state index in [0.717, 1.165) is 38.0 Å². The molecule has 5 heteroatoms. The number of hydrogen-bond donors (Lipinski definition) is 1. The van der Waals surface area contributed by atoms with E-state index in [1.165, 1.54) is 6.07 Å². The van der Waals surface area contributed by atoms with Gasteiger partial charge in [0.15, 0.2) is 0 Å². The monoisotopic (exact) mass is 345 g/mol. The summed E-state index contributed by atoms with van der Waals surface area (Å²) in [6, 6.07) is 10.6. The molecule has 0 amide bonds. The van der Waals surface area contributed by atoms with E-state index in [1.807, 2.05) is 12.1 Å². The topological polar surface area (TPSA) is 45.8 Å². The first kappa shape index (κ1) is 16.8. The Morgan fingerprint density at radius 3 is 2.92 bits per heavy atom. The van der Waals surface area contributed by atoms with Gasteiger partial charge in [-0.3, -0.25) is 4.90 Å². The van der Waals surface area contributed by atoms with Crippen LogP contribution in [0.3, 0.4) is 0 Å². The Morgan fingerprint density at radius 1 is 1.28 bits per heavy atom. The minimum Gasteiger partial charge on any atom is -0.460 e. The fraction of sp³-hybridized carbons (Fsp3) is 0.500. The second-order valence-corrected chi connectivity index (χ2v) is 7.18. The van der Waals surface area contributed by atoms with Crippen LogP contribution in [0.5, 0.6) is 0 Å². The molecule has 0 spiro atoms. The predicted molar refractivity (Wildman–Crippen MR) is 92.5 cm³/mol. The van der Waals surface area contributed by atoms with E-state index in [9.17, 15) is 9.50 Å². The molecule has 4 nitrogen and oxygen atoms in total. The molecule has 2 heterocycles. The molecule has 1 aromatic carbocycles. The molecule has 134 valence electrons. The quantitative estimate of drug-likeness (QED) is 0.920. The predicted octanol–water partition coefficient (Wildman–Crippen LogP) is 3.59. The van der Waals surface area contributed by atoms with E-state index in [4.69, 9.17) is 9.15 Å². The molecule has 2 aliphatic rings. The van der Waals surface area contributed by atoms with Gasteiger partial charge in [-0.2, -0.15) is 0 Å². The molecule has 1 aliphatic heterocycles. The van der Waals surface area contributed by atoms with Gasteiger partial charge in [0.1, 0.15) is 17.3 Å². The maximum Gasteiger partial charge on any atom is 0.137 e. The maximum atomic E-state index is 13.9. The van der Waals surface area contributed by atoms with E-state index in [1.54, 1.807) is 25.3 Å². The second kappa shape index (κ2) is 6.56. The molecule has 0 radical (unpaired) electrons. The molecule has 1 saturated heterocycles. The lowest BCUT2D eigenvalue weighted by molar-refractivity contribution is -0.0884. The van der Waals surface area contributed by atoms with Gasteiger partial charge in [-0.25, -0.2) is 4.39 Å². The van der Waals surface area contributed by atoms with Crippen LogP contribution >= 0.6 is 0 Å². The number of hydrogen-bond acceptors (Lipinski definition) is 4. The molecule has 1 N–H and O–H groups in total. The molecule has 1 aliphatic carbocycles. The summed E-state index contributed by atoms with van der Waals surface area (Å²) in [7, 11) is 1.78. The Labute approximate surface area is 147 Å². The summed E-state index contributed by atoms with van der Waals surface area (Å²) in [5, 5.41) is 10.1. The Morgan fingerprint density at radius 2 is 2.12 bits per heavy atom. The van der Waals surface area contributed by atoms with Crippen molar-refractivity contribution in [3.05, 3.63) is 48.0 Å². The normalized spacial score (nSPS) is 29.7. The van der Waals surface area contributed by atoms with E-state index in [2.05, 4.69) is 4.90 Å². The molecular formula is C20H24FNO3. The van der Waals surface area contributed by atoms with Crippen LogP contribution in [-0.2, 0) is 11.3 Å². The number of rotatable bonds is 4. The van der Waals surface area contributed by atoms with E-state index >= 15 is 0 Å². The zero-order valence-corrected chi connectivity index (χ0v) is 14.5. The third-order valence-corrected chi connectivity index (χ3v) is 5.83. The van der Waals surface area contributed by atoms with Crippen LogP contribution in [0.2, 0.25) is 0 Å². The first-order chi connectivity index (χ1) is 12.1. The number of ether oxygens (including phenoxy) is 1. The first-order valence-electron chi connectivity index (χ1n) is 8.92. The lowest BCUT2D eigenvalue weighted by Crippen LogP contribution is -2.51. The van der Waals surface area contributed by atoms with Crippen LogP contribution in [0.1, 0.15) is 31.4 Å². The number of fused-ring (bicyclic) bond motifs is 1. The highest BCUT2D eigenvalue weighted by Crippen LogP contribution is 2.43. The number of aliphatic hydroxyl groups is 1. The lowest BCUT2D eigenvalue weighted by Gasteiger charge is -2.42. The van der Waals surface area contributed by atoms with Gasteiger partial charge in [-0.15, -0.1) is 0 Å². The zero-order chi connectivity index (χ0) is 17.4. The average molecular weight is 345 g/mol. The molecule has 2 aromatic rings. The molecule has 0 unspecified atom stereocenters. The highest BCUT2D eigenvalue weighted by molar-refractivity contribution is 5.58. The fourth-order valence-corrected chi connectivity index (χ4v) is 4.43. The van der Waals surface area contributed by atoms with Crippen molar-refractivity contribution in [1.29, 1.82) is 0 Å². The first-order valence-corrected chi connectivity index (χ1v) is 8.92. The van der Waals surface area contributed by atoms with E-state index < -0.39 is 0 Å². The largest absolute Gasteiger partial charge is 0.460 e. The Bertz CT molecular complexity index is 746. The van der Waals surface area contributed by atoms with Crippen molar-refractivity contribution < 1.29 is 18.7 Å². The van der Waals surface area contributed by atoms with Crippen molar-refractivity contribution in [1.82, 2.24) is 4.90 Å². The smallest absolute Gasteiger partial charge is 0.137 e. The van der Waals surface area contributed by atoms with Crippen LogP contribution in [-0.4, -0.2) is 41.4 Å². The van der Waals surface area contributed by atoms with Crippen molar-refractivity contribution in [2.75, 3.05) is 13.7 Å². The number of methoxy groups -OCH3 is 1. The summed E-state index contributed by atoms with van der Waals surface area (Å²) >= 11 is 0. The van der Waals surface area contributed by atoms with Gasteiger partial charge in [-0.05, 0) is 49.9 Å². The summed E-state index contributed by atoms with van der Waals surface area (Å²) in [6.07, 6.45) is 3.14. The van der Waals surface area contributed by atoms with Crippen molar-refractivity contribution in [2.24, 2.45) is 0 Å². The Balaban J connectivity index is 1.52. The number of halogens is 1. The molecule has 2 fully saturated rings. The summed E-state index contributed by atoms with van der Waals surface area (Å²) in [6.45, 7) is 1.57. The van der Waals surface area contributed by atoms with Gasteiger partial charge in [0.25, 0.3) is 0 Å². The van der Waals surface area contributed by atoms with Crippen LogP contribution < -0.4 is 0 Å². The highest BCUT2D eigenvalue weighted by Gasteiger charge is 2.50. The summed E-state index contributed by atoms with van der Waals surface area (Å²) in [5.74, 6) is 1.08. The summed E-state index contributed by atoms with van der Waals surface area (Å²) in [5.41, 5.74) is 0.328. The molecular weight excluding hydrogens is 321 g/mol. The van der Waals surface area contributed by atoms with Crippen molar-refractivity contribution in [3.63, 3.8) is 0 Å². The fourth-order valence-electron chi connectivity index (χ4n) is 4.43. The van der Waals surface area contributed by atoms with Crippen LogP contribution in [0.4, 0.5) is 4.39 Å². The number of nitrogens with zero attached hydrogens (tertiary/aromatic N) is 1. The number of furan rings is 1. The molecule has 25 heavy (non-hydrogen) atoms. The summed E-state index contributed by atoms with van der Waals surface area (Å²) in [4.78, 5) is 2.33. The molecule has 1 saturated carbocycles. The van der Waals surface area contributed by atoms with Gasteiger partial charge in [0, 0.05) is 19.7 Å². The van der Waals surface area contributed by atoms with Crippen molar-refractivity contribution in [3.8, 4) is 11.3 Å². The van der Waals surface area contributed by atoms with Crippen molar-refractivity contribution in [2.45, 2.75) is 50.0 Å². The number of aliphatic hydroxyl groups excluding tert-OH is 1. The van der Waals surface area contributed by atoms with Crippen LogP contribution in [0, 0.1) is 5.82 Å². The third-order valence-electron chi connectivity index (χ3n) is 5.83. The minimum atomic E-state index is -0.279. The molecule has 1 aromatic heterocycles. The van der Waals surface area contributed by atoms with Gasteiger partial charge in [0.2, 0.25) is 0 Å². The highest BCUT2D eigenvalue weighted by atomic mass is 19.1. The minimum absolute atomic E-state index is 0.153. The van der Waals surface area contributed by atoms with E-state index in [-0.39, 0.29) is 23.6 Å². The van der Waals surface area contributed by atoms with Gasteiger partial charge < -0.3 is 14.3 Å². The van der Waals surface area contributed by atoms with E-state index in [0.29, 0.717) is 17.9 Å². The van der Waals surface area contributed by atoms with Gasteiger partial charge in [0.05, 0.1) is 23.8 Å². The van der Waals surface area contributed by atoms with Crippen molar-refractivity contribution >= 4 is 0 Å². The maximum absolute atomic E-state index is 13.9. The molecule has 0 bridgehead atoms. The number of benzene rings is 1. The molecule has 4 rings (SSSR count). The lowest BCUT2D eigenvalue weighted by atomic mass is 9.79. The Hall–Kier alpha value is -1.69. The summed E-state index contributed by atoms with van der Waals surface area (Å²) < 4.78 is 25.7. The zero-order valence-electron chi connectivity index (χ0n) is 14.5. The third kappa shape index (κ3) is 3.01. The SMILES string of the molecule is CO[C@@]12CC[C@@H](O)C[C@@H]1N(Cc1ccc(-c3ccccc3F)o1)CC2. The van der Waals surface area contributed by atoms with Gasteiger partial charge >= 0.3 is 0 Å². The number of likely N-dealkylation sites (tertiary alicyclic amines) is 1. The van der Waals surface area contributed by atoms with Gasteiger partial charge in [-0.1, -0.05) is 12.1 Å². The van der Waals surface area contributed by atoms with Crippen LogP contribution in [0.25, 0.3) is 11.3 Å². The second-order valence-electron chi connectivity index (χ2n) is 7.18. The standard InChI is InChI=1S/C20H24FNO3/c1-24-20-9-8-14(23)12-19(20)22(11-10-20)13-15-6-7-18(25-15)16-4-2-3-5-17(16)21/h2-7,14,19,23H,8-13H2,1H3/t14-,19+,20-/m1/s1. The molecule has 3 atom stereocenters. The Kier molecular flexibility index (Phi) is 4.40.